The van der Waals surface area contributed by atoms with E-state index in [9.17, 15) is 4.79 Å². The van der Waals surface area contributed by atoms with Gasteiger partial charge in [0.25, 0.3) is 5.91 Å². The monoisotopic (exact) mass is 336 g/mol. The number of carbonyl (C=O) groups is 1. The van der Waals surface area contributed by atoms with E-state index in [0.29, 0.717) is 6.04 Å². The zero-order valence-corrected chi connectivity index (χ0v) is 13.5. The van der Waals surface area contributed by atoms with Gasteiger partial charge >= 0.3 is 0 Å². The van der Waals surface area contributed by atoms with Crippen LogP contribution < -0.4 is 0 Å². The highest BCUT2D eigenvalue weighted by Gasteiger charge is 2.31. The van der Waals surface area contributed by atoms with Crippen molar-refractivity contribution in [1.82, 2.24) is 9.80 Å². The number of hydrogen-bond acceptors (Lipinski definition) is 2. The Bertz CT molecular complexity index is 491. The Morgan fingerprint density at radius 3 is 2.65 bits per heavy atom. The van der Waals surface area contributed by atoms with E-state index in [0.717, 1.165) is 35.1 Å². The van der Waals surface area contributed by atoms with E-state index in [2.05, 4.69) is 20.8 Å². The zero-order valence-electron chi connectivity index (χ0n) is 11.9. The van der Waals surface area contributed by atoms with Gasteiger partial charge in [0.1, 0.15) is 0 Å². The van der Waals surface area contributed by atoms with Crippen LogP contribution in [0.25, 0.3) is 0 Å². The lowest BCUT2D eigenvalue weighted by Crippen LogP contribution is -2.37. The third-order valence-corrected chi connectivity index (χ3v) is 4.85. The fraction of sp³-hybridized carbons (Fsp3) is 0.562. The molecule has 2 saturated heterocycles. The number of aryl methyl sites for hydroxylation is 1. The average Bonchev–Trinajstić information content (AvgIpc) is 3.07. The molecule has 0 radical (unpaired) electrons. The summed E-state index contributed by atoms with van der Waals surface area (Å²) in [6, 6.07) is 6.53. The van der Waals surface area contributed by atoms with E-state index < -0.39 is 0 Å². The molecule has 2 fully saturated rings. The largest absolute Gasteiger partial charge is 0.337 e. The topological polar surface area (TPSA) is 23.6 Å². The van der Waals surface area contributed by atoms with Crippen molar-refractivity contribution in [3.63, 3.8) is 0 Å². The minimum Gasteiger partial charge on any atom is -0.337 e. The number of rotatable bonds is 2. The third-order valence-electron chi connectivity index (χ3n) is 4.40. The van der Waals surface area contributed by atoms with Crippen LogP contribution in [0.2, 0.25) is 0 Å². The molecule has 3 rings (SSSR count). The molecule has 1 amide bonds. The molecule has 2 heterocycles. The Morgan fingerprint density at radius 1 is 1.20 bits per heavy atom. The SMILES string of the molecule is Cc1cc(Br)cc(C(=O)N2CC[C@H](N3CCCC3)C2)c1. The molecule has 1 atom stereocenters. The van der Waals surface area contributed by atoms with Crippen LogP contribution >= 0.6 is 15.9 Å². The van der Waals surface area contributed by atoms with Crippen molar-refractivity contribution in [3.8, 4) is 0 Å². The second kappa shape index (κ2) is 5.86. The number of hydrogen-bond donors (Lipinski definition) is 0. The van der Waals surface area contributed by atoms with E-state index in [-0.39, 0.29) is 5.91 Å². The summed E-state index contributed by atoms with van der Waals surface area (Å²) in [4.78, 5) is 17.2. The number of likely N-dealkylation sites (tertiary alicyclic amines) is 2. The Kier molecular flexibility index (Phi) is 4.13. The van der Waals surface area contributed by atoms with Gasteiger partial charge in [0.2, 0.25) is 0 Å². The molecule has 0 aliphatic carbocycles. The summed E-state index contributed by atoms with van der Waals surface area (Å²) in [6.45, 7) is 6.24. The molecular formula is C16H21BrN2O. The predicted octanol–water partition coefficient (Wildman–Crippen LogP) is 3.07. The van der Waals surface area contributed by atoms with Gasteiger partial charge in [-0.3, -0.25) is 9.69 Å². The maximum atomic E-state index is 12.6. The molecule has 1 aromatic rings. The summed E-state index contributed by atoms with van der Waals surface area (Å²) in [5, 5.41) is 0. The lowest BCUT2D eigenvalue weighted by Gasteiger charge is -2.23. The predicted molar refractivity (Wildman–Crippen MR) is 84.0 cm³/mol. The molecule has 2 aliphatic rings. The van der Waals surface area contributed by atoms with Crippen molar-refractivity contribution < 1.29 is 4.79 Å². The smallest absolute Gasteiger partial charge is 0.253 e. The van der Waals surface area contributed by atoms with E-state index in [1.165, 1.54) is 25.9 Å². The first-order valence-corrected chi connectivity index (χ1v) is 8.23. The minimum absolute atomic E-state index is 0.177. The number of nitrogens with zero attached hydrogens (tertiary/aromatic N) is 2. The van der Waals surface area contributed by atoms with E-state index >= 15 is 0 Å². The second-order valence-electron chi connectivity index (χ2n) is 5.95. The number of halogens is 1. The van der Waals surface area contributed by atoms with Crippen LogP contribution in [0.5, 0.6) is 0 Å². The van der Waals surface area contributed by atoms with Crippen LogP contribution in [-0.4, -0.2) is 47.9 Å². The van der Waals surface area contributed by atoms with E-state index in [1.807, 2.05) is 30.0 Å². The van der Waals surface area contributed by atoms with E-state index in [1.54, 1.807) is 0 Å². The van der Waals surface area contributed by atoms with Gasteiger partial charge < -0.3 is 4.90 Å². The Balaban J connectivity index is 1.68. The summed E-state index contributed by atoms with van der Waals surface area (Å²) < 4.78 is 0.983. The van der Waals surface area contributed by atoms with Crippen LogP contribution in [0, 0.1) is 6.92 Å². The summed E-state index contributed by atoms with van der Waals surface area (Å²) in [6.07, 6.45) is 3.75. The number of amides is 1. The molecule has 4 heteroatoms. The molecule has 0 saturated carbocycles. The summed E-state index contributed by atoms with van der Waals surface area (Å²) in [5.41, 5.74) is 1.93. The van der Waals surface area contributed by atoms with Gasteiger partial charge in [-0.2, -0.15) is 0 Å². The highest BCUT2D eigenvalue weighted by Crippen LogP contribution is 2.23. The van der Waals surface area contributed by atoms with Crippen molar-refractivity contribution in [2.45, 2.75) is 32.2 Å². The second-order valence-corrected chi connectivity index (χ2v) is 6.87. The molecule has 0 unspecified atom stereocenters. The molecule has 1 aromatic carbocycles. The maximum absolute atomic E-state index is 12.6. The van der Waals surface area contributed by atoms with Gasteiger partial charge in [-0.25, -0.2) is 0 Å². The Labute approximate surface area is 129 Å². The van der Waals surface area contributed by atoms with Crippen molar-refractivity contribution in [2.75, 3.05) is 26.2 Å². The lowest BCUT2D eigenvalue weighted by molar-refractivity contribution is 0.0780. The van der Waals surface area contributed by atoms with Gasteiger partial charge in [-0.05, 0) is 63.0 Å². The maximum Gasteiger partial charge on any atom is 0.253 e. The third kappa shape index (κ3) is 2.91. The van der Waals surface area contributed by atoms with Crippen LogP contribution in [0.4, 0.5) is 0 Å². The molecular weight excluding hydrogens is 316 g/mol. The minimum atomic E-state index is 0.177. The summed E-state index contributed by atoms with van der Waals surface area (Å²) in [7, 11) is 0. The first kappa shape index (κ1) is 14.1. The van der Waals surface area contributed by atoms with Crippen molar-refractivity contribution >= 4 is 21.8 Å². The summed E-state index contributed by atoms with van der Waals surface area (Å²) in [5.74, 6) is 0.177. The Morgan fingerprint density at radius 2 is 1.95 bits per heavy atom. The van der Waals surface area contributed by atoms with Gasteiger partial charge in [-0.1, -0.05) is 15.9 Å². The van der Waals surface area contributed by atoms with Gasteiger partial charge in [-0.15, -0.1) is 0 Å². The molecule has 0 spiro atoms. The lowest BCUT2D eigenvalue weighted by atomic mass is 10.1. The fourth-order valence-corrected chi connectivity index (χ4v) is 3.98. The quantitative estimate of drug-likeness (QED) is 0.828. The molecule has 3 nitrogen and oxygen atoms in total. The van der Waals surface area contributed by atoms with Crippen LogP contribution in [0.15, 0.2) is 22.7 Å². The summed E-state index contributed by atoms with van der Waals surface area (Å²) >= 11 is 3.48. The normalized spacial score (nSPS) is 23.5. The van der Waals surface area contributed by atoms with Crippen LogP contribution in [0.3, 0.4) is 0 Å². The highest BCUT2D eigenvalue weighted by molar-refractivity contribution is 9.10. The molecule has 0 N–H and O–H groups in total. The van der Waals surface area contributed by atoms with Gasteiger partial charge in [0.15, 0.2) is 0 Å². The molecule has 108 valence electrons. The van der Waals surface area contributed by atoms with Gasteiger partial charge in [0.05, 0.1) is 0 Å². The van der Waals surface area contributed by atoms with Crippen LogP contribution in [0.1, 0.15) is 35.2 Å². The molecule has 0 aromatic heterocycles. The van der Waals surface area contributed by atoms with E-state index in [4.69, 9.17) is 0 Å². The zero-order chi connectivity index (χ0) is 14.1. The number of carbonyl (C=O) groups excluding carboxylic acids is 1. The first-order chi connectivity index (χ1) is 9.63. The molecule has 2 aliphatic heterocycles. The van der Waals surface area contributed by atoms with Gasteiger partial charge in [0, 0.05) is 29.2 Å². The van der Waals surface area contributed by atoms with Crippen LogP contribution in [-0.2, 0) is 0 Å². The van der Waals surface area contributed by atoms with Crippen molar-refractivity contribution in [2.24, 2.45) is 0 Å². The first-order valence-electron chi connectivity index (χ1n) is 7.44. The van der Waals surface area contributed by atoms with Crippen molar-refractivity contribution in [1.29, 1.82) is 0 Å². The molecule has 20 heavy (non-hydrogen) atoms. The average molecular weight is 337 g/mol. The standard InChI is InChI=1S/C16H21BrN2O/c1-12-8-13(10-14(17)9-12)16(20)19-7-4-15(11-19)18-5-2-3-6-18/h8-10,15H,2-7,11H2,1H3/t15-/m0/s1. The Hall–Kier alpha value is -0.870. The van der Waals surface area contributed by atoms with Crippen molar-refractivity contribution in [3.05, 3.63) is 33.8 Å². The fourth-order valence-electron chi connectivity index (χ4n) is 3.37. The number of benzene rings is 1. The highest BCUT2D eigenvalue weighted by atomic mass is 79.9. The molecule has 0 bridgehead atoms.